The second kappa shape index (κ2) is 6.15. The van der Waals surface area contributed by atoms with Crippen molar-refractivity contribution >= 4 is 18.3 Å². The monoisotopic (exact) mass is 294 g/mol. The first-order chi connectivity index (χ1) is 9.16. The molecule has 4 heteroatoms. The molecule has 1 aliphatic carbocycles. The van der Waals surface area contributed by atoms with Crippen LogP contribution in [0.3, 0.4) is 0 Å². The number of halogens is 1. The van der Waals surface area contributed by atoms with Gasteiger partial charge in [0.15, 0.2) is 0 Å². The molecule has 0 unspecified atom stereocenters. The van der Waals surface area contributed by atoms with E-state index in [0.717, 1.165) is 25.2 Å². The lowest BCUT2D eigenvalue weighted by Gasteiger charge is -2.23. The highest BCUT2D eigenvalue weighted by molar-refractivity contribution is 5.94. The van der Waals surface area contributed by atoms with Crippen LogP contribution in [0.2, 0.25) is 0 Å². The molecule has 0 aromatic heterocycles. The third kappa shape index (κ3) is 3.15. The number of benzene rings is 1. The number of carbonyl (C=O) groups excluding carboxylic acids is 1. The number of rotatable bonds is 3. The molecule has 1 aromatic rings. The van der Waals surface area contributed by atoms with Gasteiger partial charge in [-0.05, 0) is 41.5 Å². The van der Waals surface area contributed by atoms with Crippen molar-refractivity contribution in [3.05, 3.63) is 34.9 Å². The molecule has 1 heterocycles. The van der Waals surface area contributed by atoms with Crippen molar-refractivity contribution in [1.29, 1.82) is 0 Å². The predicted octanol–water partition coefficient (Wildman–Crippen LogP) is 3.02. The zero-order valence-electron chi connectivity index (χ0n) is 12.0. The average Bonchev–Trinajstić information content (AvgIpc) is 3.04. The molecule has 1 fully saturated rings. The van der Waals surface area contributed by atoms with Gasteiger partial charge in [0.1, 0.15) is 0 Å². The lowest BCUT2D eigenvalue weighted by atomic mass is 9.89. The largest absolute Gasteiger partial charge is 0.351 e. The highest BCUT2D eigenvalue weighted by Gasteiger charge is 2.29. The molecule has 3 nitrogen and oxygen atoms in total. The molecule has 3 rings (SSSR count). The molecule has 1 amide bonds. The summed E-state index contributed by atoms with van der Waals surface area (Å²) in [5.41, 5.74) is 3.69. The SMILES string of the molecule is CC1(CNC(=O)c2ccc3c(c2)CNC3)CCCC1.Cl. The van der Waals surface area contributed by atoms with Gasteiger partial charge in [-0.25, -0.2) is 0 Å². The molecule has 110 valence electrons. The quantitative estimate of drug-likeness (QED) is 0.900. The molecule has 1 aromatic carbocycles. The molecule has 0 saturated heterocycles. The first-order valence-corrected chi connectivity index (χ1v) is 7.27. The van der Waals surface area contributed by atoms with Crippen LogP contribution >= 0.6 is 12.4 Å². The van der Waals surface area contributed by atoms with Gasteiger partial charge in [0.2, 0.25) is 0 Å². The van der Waals surface area contributed by atoms with Crippen molar-refractivity contribution in [3.8, 4) is 0 Å². The van der Waals surface area contributed by atoms with Crippen LogP contribution in [0, 0.1) is 5.41 Å². The maximum Gasteiger partial charge on any atom is 0.251 e. The summed E-state index contributed by atoms with van der Waals surface area (Å²) >= 11 is 0. The summed E-state index contributed by atoms with van der Waals surface area (Å²) in [5, 5.41) is 6.42. The Kier molecular flexibility index (Phi) is 4.71. The molecule has 0 atom stereocenters. The number of hydrogen-bond donors (Lipinski definition) is 2. The van der Waals surface area contributed by atoms with Gasteiger partial charge in [-0.2, -0.15) is 0 Å². The van der Waals surface area contributed by atoms with Crippen molar-refractivity contribution in [2.45, 2.75) is 45.7 Å². The van der Waals surface area contributed by atoms with Gasteiger partial charge in [-0.1, -0.05) is 25.8 Å². The average molecular weight is 295 g/mol. The third-order valence-corrected chi connectivity index (χ3v) is 4.59. The Labute approximate surface area is 126 Å². The third-order valence-electron chi connectivity index (χ3n) is 4.59. The second-order valence-electron chi connectivity index (χ2n) is 6.29. The standard InChI is InChI=1S/C16H22N2O.ClH/c1-16(6-2-3-7-16)11-18-15(19)12-4-5-13-9-17-10-14(13)8-12;/h4-5,8,17H,2-3,6-7,9-11H2,1H3,(H,18,19);1H. The minimum Gasteiger partial charge on any atom is -0.351 e. The van der Waals surface area contributed by atoms with Crippen LogP contribution in [0.5, 0.6) is 0 Å². The highest BCUT2D eigenvalue weighted by Crippen LogP contribution is 2.36. The van der Waals surface area contributed by atoms with Gasteiger partial charge in [0.25, 0.3) is 5.91 Å². The summed E-state index contributed by atoms with van der Waals surface area (Å²) < 4.78 is 0. The molecule has 0 radical (unpaired) electrons. The topological polar surface area (TPSA) is 41.1 Å². The summed E-state index contributed by atoms with van der Waals surface area (Å²) in [6.45, 7) is 4.90. The van der Waals surface area contributed by atoms with Crippen LogP contribution in [-0.4, -0.2) is 12.5 Å². The van der Waals surface area contributed by atoms with E-state index in [4.69, 9.17) is 0 Å². The summed E-state index contributed by atoms with van der Waals surface area (Å²) in [5.74, 6) is 0.0721. The molecule has 1 saturated carbocycles. The van der Waals surface area contributed by atoms with Crippen molar-refractivity contribution in [2.24, 2.45) is 5.41 Å². The first-order valence-electron chi connectivity index (χ1n) is 7.27. The Bertz CT molecular complexity index is 495. The van der Waals surface area contributed by atoms with Crippen LogP contribution in [0.1, 0.15) is 54.1 Å². The lowest BCUT2D eigenvalue weighted by molar-refractivity contribution is 0.0934. The zero-order valence-corrected chi connectivity index (χ0v) is 12.8. The number of nitrogens with one attached hydrogen (secondary N) is 2. The summed E-state index contributed by atoms with van der Waals surface area (Å²) in [6, 6.07) is 6.04. The van der Waals surface area contributed by atoms with Crippen LogP contribution in [0.25, 0.3) is 0 Å². The van der Waals surface area contributed by atoms with Crippen LogP contribution < -0.4 is 10.6 Å². The van der Waals surface area contributed by atoms with Gasteiger partial charge in [0, 0.05) is 25.2 Å². The molecule has 2 aliphatic rings. The Hall–Kier alpha value is -1.06. The van der Waals surface area contributed by atoms with Crippen molar-refractivity contribution in [3.63, 3.8) is 0 Å². The van der Waals surface area contributed by atoms with Crippen molar-refractivity contribution in [1.82, 2.24) is 10.6 Å². The fraction of sp³-hybridized carbons (Fsp3) is 0.562. The van der Waals surface area contributed by atoms with E-state index in [-0.39, 0.29) is 18.3 Å². The van der Waals surface area contributed by atoms with Gasteiger partial charge in [-0.3, -0.25) is 4.79 Å². The number of fused-ring (bicyclic) bond motifs is 1. The molecule has 2 N–H and O–H groups in total. The van der Waals surface area contributed by atoms with Crippen LogP contribution in [0.4, 0.5) is 0 Å². The Balaban J connectivity index is 0.00000147. The Morgan fingerprint density at radius 1 is 1.25 bits per heavy atom. The minimum atomic E-state index is 0. The first kappa shape index (κ1) is 15.3. The summed E-state index contributed by atoms with van der Waals surface area (Å²) in [4.78, 5) is 12.2. The smallest absolute Gasteiger partial charge is 0.251 e. The summed E-state index contributed by atoms with van der Waals surface area (Å²) in [6.07, 6.45) is 5.08. The van der Waals surface area contributed by atoms with Crippen molar-refractivity contribution < 1.29 is 4.79 Å². The molecule has 1 aliphatic heterocycles. The van der Waals surface area contributed by atoms with E-state index < -0.39 is 0 Å². The number of amides is 1. The maximum atomic E-state index is 12.2. The van der Waals surface area contributed by atoms with E-state index >= 15 is 0 Å². The van der Waals surface area contributed by atoms with Crippen molar-refractivity contribution in [2.75, 3.05) is 6.54 Å². The zero-order chi connectivity index (χ0) is 13.3. The molecular weight excluding hydrogens is 272 g/mol. The van der Waals surface area contributed by atoms with Gasteiger partial charge in [-0.15, -0.1) is 12.4 Å². The van der Waals surface area contributed by atoms with E-state index in [1.165, 1.54) is 36.8 Å². The van der Waals surface area contributed by atoms with E-state index in [1.54, 1.807) is 0 Å². The van der Waals surface area contributed by atoms with E-state index in [1.807, 2.05) is 12.1 Å². The second-order valence-corrected chi connectivity index (χ2v) is 6.29. The Morgan fingerprint density at radius 2 is 1.95 bits per heavy atom. The van der Waals surface area contributed by atoms with E-state index in [0.29, 0.717) is 5.41 Å². The van der Waals surface area contributed by atoms with Gasteiger partial charge < -0.3 is 10.6 Å². The normalized spacial score (nSPS) is 19.2. The van der Waals surface area contributed by atoms with Gasteiger partial charge >= 0.3 is 0 Å². The molecular formula is C16H23ClN2O. The molecule has 20 heavy (non-hydrogen) atoms. The van der Waals surface area contributed by atoms with Crippen LogP contribution in [0.15, 0.2) is 18.2 Å². The number of carbonyl (C=O) groups is 1. The van der Waals surface area contributed by atoms with E-state index in [2.05, 4.69) is 23.6 Å². The lowest BCUT2D eigenvalue weighted by Crippen LogP contribution is -2.34. The highest BCUT2D eigenvalue weighted by atomic mass is 35.5. The van der Waals surface area contributed by atoms with Gasteiger partial charge in [0.05, 0.1) is 0 Å². The van der Waals surface area contributed by atoms with E-state index in [9.17, 15) is 4.79 Å². The molecule has 0 bridgehead atoms. The minimum absolute atomic E-state index is 0. The number of hydrogen-bond acceptors (Lipinski definition) is 2. The molecule has 0 spiro atoms. The van der Waals surface area contributed by atoms with Crippen LogP contribution in [-0.2, 0) is 13.1 Å². The fourth-order valence-electron chi connectivity index (χ4n) is 3.24. The predicted molar refractivity (Wildman–Crippen MR) is 83.1 cm³/mol. The summed E-state index contributed by atoms with van der Waals surface area (Å²) in [7, 11) is 0. The maximum absolute atomic E-state index is 12.2. The fourth-order valence-corrected chi connectivity index (χ4v) is 3.24. The Morgan fingerprint density at radius 3 is 2.70 bits per heavy atom.